The van der Waals surface area contributed by atoms with Gasteiger partial charge >= 0.3 is 0 Å². The van der Waals surface area contributed by atoms with Crippen molar-refractivity contribution in [2.75, 3.05) is 16.6 Å². The molecule has 2 aromatic carbocycles. The van der Waals surface area contributed by atoms with E-state index < -0.39 is 10.0 Å². The van der Waals surface area contributed by atoms with E-state index in [0.29, 0.717) is 24.3 Å². The zero-order valence-corrected chi connectivity index (χ0v) is 13.0. The van der Waals surface area contributed by atoms with Gasteiger partial charge in [0, 0.05) is 16.7 Å². The van der Waals surface area contributed by atoms with Crippen molar-refractivity contribution in [1.29, 1.82) is 0 Å². The first kappa shape index (κ1) is 13.5. The summed E-state index contributed by atoms with van der Waals surface area (Å²) in [7, 11) is -3.53. The third-order valence-electron chi connectivity index (χ3n) is 3.36. The van der Waals surface area contributed by atoms with E-state index in [1.54, 1.807) is 36.4 Å². The molecule has 0 amide bonds. The fourth-order valence-electron chi connectivity index (χ4n) is 2.35. The van der Waals surface area contributed by atoms with Gasteiger partial charge in [-0.15, -0.1) is 0 Å². The van der Waals surface area contributed by atoms with Crippen molar-refractivity contribution in [3.8, 4) is 0 Å². The van der Waals surface area contributed by atoms with Crippen molar-refractivity contribution < 1.29 is 8.42 Å². The van der Waals surface area contributed by atoms with E-state index in [2.05, 4.69) is 15.9 Å². The topological polar surface area (TPSA) is 63.4 Å². The molecule has 6 heteroatoms. The maximum absolute atomic E-state index is 12.7. The van der Waals surface area contributed by atoms with Crippen LogP contribution in [0, 0.1) is 0 Å². The molecule has 0 atom stereocenters. The maximum Gasteiger partial charge on any atom is 0.264 e. The molecular formula is C14H13BrN2O2S. The lowest BCUT2D eigenvalue weighted by Gasteiger charge is -2.19. The first-order valence-corrected chi connectivity index (χ1v) is 8.38. The zero-order valence-electron chi connectivity index (χ0n) is 10.6. The highest BCUT2D eigenvalue weighted by molar-refractivity contribution is 9.10. The Labute approximate surface area is 126 Å². The van der Waals surface area contributed by atoms with Gasteiger partial charge < -0.3 is 5.73 Å². The summed E-state index contributed by atoms with van der Waals surface area (Å²) in [5.41, 5.74) is 8.04. The molecule has 2 N–H and O–H groups in total. The molecule has 4 nitrogen and oxygen atoms in total. The Balaban J connectivity index is 2.07. The van der Waals surface area contributed by atoms with Gasteiger partial charge in [0.05, 0.1) is 10.6 Å². The molecule has 1 aliphatic rings. The summed E-state index contributed by atoms with van der Waals surface area (Å²) in [5.74, 6) is 0. The number of hydrogen-bond donors (Lipinski definition) is 1. The summed E-state index contributed by atoms with van der Waals surface area (Å²) in [6.45, 7) is 0.456. The molecule has 1 heterocycles. The van der Waals surface area contributed by atoms with E-state index in [0.717, 1.165) is 10.0 Å². The monoisotopic (exact) mass is 352 g/mol. The van der Waals surface area contributed by atoms with Gasteiger partial charge in [0.25, 0.3) is 10.0 Å². The second-order valence-corrected chi connectivity index (χ2v) is 7.45. The molecular weight excluding hydrogens is 340 g/mol. The molecule has 3 rings (SSSR count). The number of hydrogen-bond acceptors (Lipinski definition) is 3. The van der Waals surface area contributed by atoms with Crippen molar-refractivity contribution in [1.82, 2.24) is 0 Å². The fourth-order valence-corrected chi connectivity index (χ4v) is 4.11. The van der Waals surface area contributed by atoms with Gasteiger partial charge in [0.2, 0.25) is 0 Å². The molecule has 20 heavy (non-hydrogen) atoms. The lowest BCUT2D eigenvalue weighted by atomic mass is 10.1. The molecule has 0 saturated carbocycles. The largest absolute Gasteiger partial charge is 0.399 e. The van der Waals surface area contributed by atoms with Crippen LogP contribution >= 0.6 is 15.9 Å². The Morgan fingerprint density at radius 2 is 1.80 bits per heavy atom. The molecule has 0 spiro atoms. The quantitative estimate of drug-likeness (QED) is 0.845. The highest BCUT2D eigenvalue weighted by atomic mass is 79.9. The van der Waals surface area contributed by atoms with E-state index >= 15 is 0 Å². The third-order valence-corrected chi connectivity index (χ3v) is 5.72. The lowest BCUT2D eigenvalue weighted by Crippen LogP contribution is -2.29. The van der Waals surface area contributed by atoms with Gasteiger partial charge in [-0.3, -0.25) is 4.31 Å². The molecule has 0 radical (unpaired) electrons. The zero-order chi connectivity index (χ0) is 14.3. The molecule has 0 bridgehead atoms. The average molecular weight is 353 g/mol. The van der Waals surface area contributed by atoms with Crippen LogP contribution in [0.3, 0.4) is 0 Å². The fraction of sp³-hybridized carbons (Fsp3) is 0.143. The molecule has 0 aliphatic carbocycles. The van der Waals surface area contributed by atoms with E-state index in [1.807, 2.05) is 6.07 Å². The molecule has 104 valence electrons. The number of fused-ring (bicyclic) bond motifs is 1. The van der Waals surface area contributed by atoms with Crippen LogP contribution in [0.15, 0.2) is 51.8 Å². The van der Waals surface area contributed by atoms with Crippen LogP contribution in [-0.2, 0) is 16.4 Å². The van der Waals surface area contributed by atoms with Gasteiger partial charge in [0.1, 0.15) is 0 Å². The number of benzene rings is 2. The smallest absolute Gasteiger partial charge is 0.264 e. The number of sulfonamides is 1. The average Bonchev–Trinajstić information content (AvgIpc) is 2.82. The minimum atomic E-state index is -3.53. The third kappa shape index (κ3) is 2.19. The van der Waals surface area contributed by atoms with Gasteiger partial charge in [-0.1, -0.05) is 22.0 Å². The Bertz CT molecular complexity index is 757. The molecule has 0 fully saturated rings. The van der Waals surface area contributed by atoms with Crippen molar-refractivity contribution in [3.63, 3.8) is 0 Å². The normalized spacial score (nSPS) is 14.3. The Morgan fingerprint density at radius 1 is 1.10 bits per heavy atom. The molecule has 0 unspecified atom stereocenters. The van der Waals surface area contributed by atoms with E-state index in [-0.39, 0.29) is 4.90 Å². The van der Waals surface area contributed by atoms with Crippen LogP contribution in [0.2, 0.25) is 0 Å². The highest BCUT2D eigenvalue weighted by Crippen LogP contribution is 2.34. The summed E-state index contributed by atoms with van der Waals surface area (Å²) in [4.78, 5) is 0.288. The summed E-state index contributed by atoms with van der Waals surface area (Å²) in [5, 5.41) is 0. The summed E-state index contributed by atoms with van der Waals surface area (Å²) in [6, 6.07) is 12.1. The Kier molecular flexibility index (Phi) is 3.22. The maximum atomic E-state index is 12.7. The van der Waals surface area contributed by atoms with Gasteiger partial charge in [-0.2, -0.15) is 0 Å². The molecule has 0 saturated heterocycles. The second-order valence-electron chi connectivity index (χ2n) is 4.67. The van der Waals surface area contributed by atoms with Gasteiger partial charge in [-0.25, -0.2) is 8.42 Å². The summed E-state index contributed by atoms with van der Waals surface area (Å²) in [6.07, 6.45) is 0.714. The number of nitrogens with zero attached hydrogens (tertiary/aromatic N) is 1. The van der Waals surface area contributed by atoms with Crippen LogP contribution in [0.5, 0.6) is 0 Å². The SMILES string of the molecule is Nc1ccc2c(c1)N(S(=O)(=O)c1ccc(Br)cc1)CC2. The van der Waals surface area contributed by atoms with Crippen LogP contribution in [0.25, 0.3) is 0 Å². The second kappa shape index (κ2) is 4.79. The molecule has 2 aromatic rings. The predicted octanol–water partition coefficient (Wildman–Crippen LogP) is 2.78. The van der Waals surface area contributed by atoms with Crippen molar-refractivity contribution in [3.05, 3.63) is 52.5 Å². The number of nitrogen functional groups attached to an aromatic ring is 1. The lowest BCUT2D eigenvalue weighted by molar-refractivity contribution is 0.592. The van der Waals surface area contributed by atoms with Gasteiger partial charge in [-0.05, 0) is 48.4 Å². The van der Waals surface area contributed by atoms with E-state index in [4.69, 9.17) is 5.73 Å². The predicted molar refractivity (Wildman–Crippen MR) is 83.2 cm³/mol. The standard InChI is InChI=1S/C14H13BrN2O2S/c15-11-2-5-13(6-3-11)20(18,19)17-8-7-10-1-4-12(16)9-14(10)17/h1-6,9H,7-8,16H2. The molecule has 0 aromatic heterocycles. The summed E-state index contributed by atoms with van der Waals surface area (Å²) >= 11 is 3.31. The first-order valence-electron chi connectivity index (χ1n) is 6.15. The van der Waals surface area contributed by atoms with Crippen molar-refractivity contribution >= 4 is 37.3 Å². The number of halogens is 1. The molecule has 1 aliphatic heterocycles. The number of nitrogens with two attached hydrogens (primary N) is 1. The first-order chi connectivity index (χ1) is 9.48. The Hall–Kier alpha value is -1.53. The summed E-state index contributed by atoms with van der Waals surface area (Å²) < 4.78 is 27.7. The van der Waals surface area contributed by atoms with Crippen LogP contribution < -0.4 is 10.0 Å². The van der Waals surface area contributed by atoms with Crippen LogP contribution in [0.1, 0.15) is 5.56 Å². The van der Waals surface area contributed by atoms with E-state index in [1.165, 1.54) is 4.31 Å². The number of rotatable bonds is 2. The van der Waals surface area contributed by atoms with Crippen molar-refractivity contribution in [2.24, 2.45) is 0 Å². The minimum Gasteiger partial charge on any atom is -0.399 e. The van der Waals surface area contributed by atoms with Crippen molar-refractivity contribution in [2.45, 2.75) is 11.3 Å². The highest BCUT2D eigenvalue weighted by Gasteiger charge is 2.30. The number of anilines is 2. The minimum absolute atomic E-state index is 0.288. The van der Waals surface area contributed by atoms with Crippen LogP contribution in [0.4, 0.5) is 11.4 Å². The van der Waals surface area contributed by atoms with Gasteiger partial charge in [0.15, 0.2) is 0 Å². The Morgan fingerprint density at radius 3 is 2.50 bits per heavy atom. The van der Waals surface area contributed by atoms with Crippen LogP contribution in [-0.4, -0.2) is 15.0 Å². The van der Waals surface area contributed by atoms with E-state index in [9.17, 15) is 8.42 Å².